The maximum absolute atomic E-state index is 11.9. The number of hydrogen-bond donors (Lipinski definition) is 3. The van der Waals surface area contributed by atoms with Gasteiger partial charge in [0.15, 0.2) is 9.84 Å². The zero-order valence-corrected chi connectivity index (χ0v) is 14.2. The van der Waals surface area contributed by atoms with Crippen LogP contribution >= 0.6 is 24.4 Å². The first-order valence-electron chi connectivity index (χ1n) is 6.44. The summed E-state index contributed by atoms with van der Waals surface area (Å²) in [4.78, 5) is 11.6. The number of thiol groups is 1. The number of esters is 1. The number of sulfone groups is 1. The fourth-order valence-electron chi connectivity index (χ4n) is 1.25. The van der Waals surface area contributed by atoms with Gasteiger partial charge in [-0.3, -0.25) is 4.79 Å². The maximum atomic E-state index is 11.9. The van der Waals surface area contributed by atoms with Crippen LogP contribution in [0.5, 0.6) is 0 Å². The van der Waals surface area contributed by atoms with Crippen LogP contribution < -0.4 is 11.5 Å². The van der Waals surface area contributed by atoms with E-state index in [1.165, 1.54) is 11.8 Å². The molecular formula is C11H24N2O4S3. The van der Waals surface area contributed by atoms with Crippen molar-refractivity contribution in [2.75, 3.05) is 29.6 Å². The zero-order valence-electron chi connectivity index (χ0n) is 11.7. The van der Waals surface area contributed by atoms with Crippen molar-refractivity contribution in [1.82, 2.24) is 0 Å². The van der Waals surface area contributed by atoms with Gasteiger partial charge in [-0.2, -0.15) is 24.4 Å². The van der Waals surface area contributed by atoms with E-state index in [9.17, 15) is 13.2 Å². The minimum atomic E-state index is -3.61. The van der Waals surface area contributed by atoms with E-state index < -0.39 is 27.2 Å². The molecule has 20 heavy (non-hydrogen) atoms. The van der Waals surface area contributed by atoms with Crippen molar-refractivity contribution in [3.05, 3.63) is 0 Å². The first-order valence-corrected chi connectivity index (χ1v) is 9.95. The number of rotatable bonds is 11. The van der Waals surface area contributed by atoms with Gasteiger partial charge in [0.25, 0.3) is 0 Å². The molecule has 0 bridgehead atoms. The van der Waals surface area contributed by atoms with Crippen molar-refractivity contribution in [1.29, 1.82) is 0 Å². The standard InChI is InChI=1S/C11H24N2O4S3/c1-2-3-4-17-11(14)9(12)10(13)20(15,16)8-7-19-6-5-18/h9-10,18H,2-8,12-13H2,1H3. The quantitative estimate of drug-likeness (QED) is 0.275. The average molecular weight is 345 g/mol. The summed E-state index contributed by atoms with van der Waals surface area (Å²) in [5.41, 5.74) is 11.1. The molecular weight excluding hydrogens is 320 g/mol. The Labute approximate surface area is 130 Å². The van der Waals surface area contributed by atoms with Gasteiger partial charge in [0, 0.05) is 11.5 Å². The molecule has 0 aromatic carbocycles. The molecule has 120 valence electrons. The molecule has 0 aromatic rings. The molecule has 6 nitrogen and oxygen atoms in total. The third-order valence-electron chi connectivity index (χ3n) is 2.53. The average Bonchev–Trinajstić information content (AvgIpc) is 2.42. The number of nitrogens with two attached hydrogens (primary N) is 2. The van der Waals surface area contributed by atoms with E-state index in [2.05, 4.69) is 12.6 Å². The van der Waals surface area contributed by atoms with Crippen molar-refractivity contribution < 1.29 is 17.9 Å². The molecule has 2 atom stereocenters. The monoisotopic (exact) mass is 344 g/mol. The largest absolute Gasteiger partial charge is 0.464 e. The molecule has 0 saturated heterocycles. The van der Waals surface area contributed by atoms with E-state index in [0.717, 1.165) is 12.2 Å². The van der Waals surface area contributed by atoms with Gasteiger partial charge in [-0.1, -0.05) is 13.3 Å². The second-order valence-electron chi connectivity index (χ2n) is 4.21. The molecule has 0 aromatic heterocycles. The van der Waals surface area contributed by atoms with Crippen LogP contribution in [-0.2, 0) is 19.4 Å². The van der Waals surface area contributed by atoms with Crippen LogP contribution in [0.3, 0.4) is 0 Å². The fraction of sp³-hybridized carbons (Fsp3) is 0.909. The number of carbonyl (C=O) groups excluding carboxylic acids is 1. The van der Waals surface area contributed by atoms with Gasteiger partial charge in [-0.15, -0.1) is 0 Å². The predicted molar refractivity (Wildman–Crippen MR) is 86.8 cm³/mol. The lowest BCUT2D eigenvalue weighted by atomic mass is 10.3. The summed E-state index contributed by atoms with van der Waals surface area (Å²) in [5, 5.41) is -1.42. The van der Waals surface area contributed by atoms with Crippen molar-refractivity contribution in [3.63, 3.8) is 0 Å². The van der Waals surface area contributed by atoms with Gasteiger partial charge in [0.05, 0.1) is 12.4 Å². The smallest absolute Gasteiger partial charge is 0.325 e. The molecule has 0 heterocycles. The van der Waals surface area contributed by atoms with Gasteiger partial charge in [0.2, 0.25) is 0 Å². The second-order valence-corrected chi connectivity index (χ2v) is 8.16. The van der Waals surface area contributed by atoms with Crippen molar-refractivity contribution in [2.45, 2.75) is 31.2 Å². The molecule has 0 fully saturated rings. The third kappa shape index (κ3) is 7.72. The number of thioether (sulfide) groups is 1. The van der Waals surface area contributed by atoms with Gasteiger partial charge in [-0.25, -0.2) is 8.42 Å². The third-order valence-corrected chi connectivity index (χ3v) is 6.20. The zero-order chi connectivity index (χ0) is 15.6. The minimum absolute atomic E-state index is 0.109. The Morgan fingerprint density at radius 3 is 2.55 bits per heavy atom. The SMILES string of the molecule is CCCCOC(=O)C(N)C(N)S(=O)(=O)CCSCCS. The lowest BCUT2D eigenvalue weighted by molar-refractivity contribution is -0.145. The Balaban J connectivity index is 4.31. The lowest BCUT2D eigenvalue weighted by Crippen LogP contribution is -2.53. The summed E-state index contributed by atoms with van der Waals surface area (Å²) in [6, 6.07) is -1.34. The predicted octanol–water partition coefficient (Wildman–Crippen LogP) is 0.0196. The van der Waals surface area contributed by atoms with Crippen LogP contribution in [0.4, 0.5) is 0 Å². The Kier molecular flexibility index (Phi) is 10.7. The Bertz CT molecular complexity index is 376. The summed E-state index contributed by atoms with van der Waals surface area (Å²) in [6.07, 6.45) is 1.58. The van der Waals surface area contributed by atoms with Crippen molar-refractivity contribution in [3.8, 4) is 0 Å². The summed E-state index contributed by atoms with van der Waals surface area (Å²) >= 11 is 5.50. The highest BCUT2D eigenvalue weighted by Crippen LogP contribution is 2.08. The highest BCUT2D eigenvalue weighted by Gasteiger charge is 2.32. The molecule has 0 aliphatic carbocycles. The summed E-state index contributed by atoms with van der Waals surface area (Å²) in [6.45, 7) is 2.18. The molecule has 9 heteroatoms. The lowest BCUT2D eigenvalue weighted by Gasteiger charge is -2.18. The summed E-state index contributed by atoms with van der Waals surface area (Å²) in [7, 11) is -3.61. The van der Waals surface area contributed by atoms with Crippen molar-refractivity contribution in [2.24, 2.45) is 11.5 Å². The Morgan fingerprint density at radius 2 is 2.00 bits per heavy atom. The van der Waals surface area contributed by atoms with E-state index >= 15 is 0 Å². The topological polar surface area (TPSA) is 112 Å². The van der Waals surface area contributed by atoms with Crippen LogP contribution in [0.1, 0.15) is 19.8 Å². The number of hydrogen-bond acceptors (Lipinski definition) is 8. The molecule has 0 spiro atoms. The summed E-state index contributed by atoms with van der Waals surface area (Å²) in [5.74, 6) is 0.980. The minimum Gasteiger partial charge on any atom is -0.464 e. The van der Waals surface area contributed by atoms with E-state index in [-0.39, 0.29) is 12.4 Å². The first-order chi connectivity index (χ1) is 9.36. The number of ether oxygens (including phenoxy) is 1. The van der Waals surface area contributed by atoms with Crippen molar-refractivity contribution >= 4 is 40.2 Å². The van der Waals surface area contributed by atoms with E-state index in [1.54, 1.807) is 0 Å². The molecule has 4 N–H and O–H groups in total. The van der Waals surface area contributed by atoms with Crippen LogP contribution in [0.25, 0.3) is 0 Å². The Morgan fingerprint density at radius 1 is 1.35 bits per heavy atom. The highest BCUT2D eigenvalue weighted by atomic mass is 32.2. The van der Waals surface area contributed by atoms with Crippen LogP contribution in [-0.4, -0.2) is 55.4 Å². The van der Waals surface area contributed by atoms with Gasteiger partial charge in [-0.05, 0) is 12.2 Å². The van der Waals surface area contributed by atoms with E-state index in [4.69, 9.17) is 16.2 Å². The molecule has 0 saturated carbocycles. The molecule has 2 unspecified atom stereocenters. The normalized spacial score (nSPS) is 14.8. The summed E-state index contributed by atoms with van der Waals surface area (Å²) < 4.78 is 28.7. The highest BCUT2D eigenvalue weighted by molar-refractivity contribution is 8.01. The van der Waals surface area contributed by atoms with Gasteiger partial charge >= 0.3 is 5.97 Å². The molecule has 0 aliphatic rings. The second kappa shape index (κ2) is 10.7. The first kappa shape index (κ1) is 20.0. The maximum Gasteiger partial charge on any atom is 0.325 e. The number of carbonyl (C=O) groups is 1. The van der Waals surface area contributed by atoms with Crippen LogP contribution in [0, 0.1) is 0 Å². The number of unbranched alkanes of at least 4 members (excludes halogenated alkanes) is 1. The molecule has 0 rings (SSSR count). The molecule has 0 radical (unpaired) electrons. The Hall–Kier alpha value is 0.0400. The van der Waals surface area contributed by atoms with Gasteiger partial charge in [0.1, 0.15) is 11.4 Å². The van der Waals surface area contributed by atoms with Gasteiger partial charge < -0.3 is 16.2 Å². The van der Waals surface area contributed by atoms with E-state index in [0.29, 0.717) is 17.9 Å². The van der Waals surface area contributed by atoms with Crippen LogP contribution in [0.2, 0.25) is 0 Å². The molecule has 0 aliphatic heterocycles. The molecule has 0 amide bonds. The van der Waals surface area contributed by atoms with Crippen LogP contribution in [0.15, 0.2) is 0 Å². The van der Waals surface area contributed by atoms with E-state index in [1.807, 2.05) is 6.92 Å². The fourth-order valence-corrected chi connectivity index (χ4v) is 4.20.